The van der Waals surface area contributed by atoms with Crippen LogP contribution in [0.15, 0.2) is 54.7 Å². The molecule has 6 nitrogen and oxygen atoms in total. The Balaban J connectivity index is 1.28. The van der Waals surface area contributed by atoms with Gasteiger partial charge in [0.05, 0.1) is 17.2 Å². The summed E-state index contributed by atoms with van der Waals surface area (Å²) < 4.78 is 42.2. The number of rotatable bonds is 4. The van der Waals surface area contributed by atoms with E-state index in [-0.39, 0.29) is 18.0 Å². The number of carbonyl (C=O) groups is 1. The fraction of sp³-hybridized carbons (Fsp3) is 0.346. The molecule has 1 N–H and O–H groups in total. The van der Waals surface area contributed by atoms with Crippen molar-refractivity contribution in [2.45, 2.75) is 43.9 Å². The van der Waals surface area contributed by atoms with Gasteiger partial charge in [-0.3, -0.25) is 9.48 Å². The van der Waals surface area contributed by atoms with Crippen molar-refractivity contribution in [3.05, 3.63) is 66.0 Å². The molecule has 9 heteroatoms. The molecule has 5 rings (SSSR count). The van der Waals surface area contributed by atoms with Crippen molar-refractivity contribution in [3.8, 4) is 0 Å². The van der Waals surface area contributed by atoms with E-state index < -0.39 is 11.9 Å². The number of pyridine rings is 1. The first-order valence-corrected chi connectivity index (χ1v) is 11.6. The van der Waals surface area contributed by atoms with Crippen LogP contribution in [-0.4, -0.2) is 39.8 Å². The van der Waals surface area contributed by atoms with E-state index in [1.807, 2.05) is 37.2 Å². The van der Waals surface area contributed by atoms with Crippen LogP contribution in [0, 0.1) is 0 Å². The van der Waals surface area contributed by atoms with Gasteiger partial charge in [0.1, 0.15) is 5.69 Å². The van der Waals surface area contributed by atoms with Gasteiger partial charge in [0.25, 0.3) is 5.91 Å². The number of aryl methyl sites for hydroxylation is 1. The van der Waals surface area contributed by atoms with Gasteiger partial charge in [0.2, 0.25) is 0 Å². The lowest BCUT2D eigenvalue weighted by Crippen LogP contribution is -2.43. The highest BCUT2D eigenvalue weighted by Crippen LogP contribution is 2.36. The summed E-state index contributed by atoms with van der Waals surface area (Å²) >= 11 is 0. The lowest BCUT2D eigenvalue weighted by atomic mass is 9.89. The molecule has 182 valence electrons. The van der Waals surface area contributed by atoms with E-state index in [0.717, 1.165) is 42.7 Å². The van der Waals surface area contributed by atoms with Crippen molar-refractivity contribution < 1.29 is 18.0 Å². The Labute approximate surface area is 200 Å². The molecular weight excluding hydrogens is 455 g/mol. The van der Waals surface area contributed by atoms with Crippen molar-refractivity contribution in [1.82, 2.24) is 20.1 Å². The Kier molecular flexibility index (Phi) is 5.86. The number of benzene rings is 2. The average molecular weight is 482 g/mol. The number of hydrogen-bond acceptors (Lipinski definition) is 4. The number of nitrogens with one attached hydrogen (secondary N) is 1. The normalized spacial score (nSPS) is 18.7. The zero-order valence-corrected chi connectivity index (χ0v) is 19.5. The molecule has 1 amide bonds. The monoisotopic (exact) mass is 481 g/mol. The first-order valence-electron chi connectivity index (χ1n) is 11.6. The van der Waals surface area contributed by atoms with E-state index in [4.69, 9.17) is 0 Å². The second-order valence-corrected chi connectivity index (χ2v) is 9.17. The van der Waals surface area contributed by atoms with E-state index >= 15 is 0 Å². The minimum Gasteiger partial charge on any atom is -0.371 e. The third-order valence-corrected chi connectivity index (χ3v) is 6.96. The van der Waals surface area contributed by atoms with Crippen molar-refractivity contribution in [3.63, 3.8) is 0 Å². The molecule has 1 saturated carbocycles. The number of halogens is 3. The predicted octanol–water partition coefficient (Wildman–Crippen LogP) is 5.32. The molecule has 0 spiro atoms. The van der Waals surface area contributed by atoms with Crippen LogP contribution in [0.1, 0.15) is 41.7 Å². The summed E-state index contributed by atoms with van der Waals surface area (Å²) in [7, 11) is 3.68. The van der Waals surface area contributed by atoms with E-state index in [1.54, 1.807) is 35.1 Å². The Morgan fingerprint density at radius 2 is 1.83 bits per heavy atom. The van der Waals surface area contributed by atoms with Gasteiger partial charge in [-0.2, -0.15) is 18.3 Å². The minimum absolute atomic E-state index is 0.0225. The molecule has 0 aliphatic heterocycles. The first kappa shape index (κ1) is 23.1. The van der Waals surface area contributed by atoms with Crippen molar-refractivity contribution in [2.75, 3.05) is 11.9 Å². The van der Waals surface area contributed by atoms with E-state index in [9.17, 15) is 18.0 Å². The molecule has 1 aliphatic carbocycles. The molecule has 1 fully saturated rings. The van der Waals surface area contributed by atoms with Gasteiger partial charge in [-0.15, -0.1) is 0 Å². The zero-order chi connectivity index (χ0) is 24.7. The molecule has 1 aliphatic rings. The first-order chi connectivity index (χ1) is 16.7. The van der Waals surface area contributed by atoms with Crippen molar-refractivity contribution in [2.24, 2.45) is 7.05 Å². The maximum atomic E-state index is 13.5. The van der Waals surface area contributed by atoms with Crippen LogP contribution in [0.3, 0.4) is 0 Å². The summed E-state index contributed by atoms with van der Waals surface area (Å²) in [4.78, 5) is 18.6. The highest BCUT2D eigenvalue weighted by molar-refractivity contribution is 5.98. The van der Waals surface area contributed by atoms with Gasteiger partial charge in [-0.05, 0) is 49.9 Å². The largest absolute Gasteiger partial charge is 0.433 e. The number of nitrogens with zero attached hydrogens (tertiary/aromatic N) is 4. The maximum absolute atomic E-state index is 13.5. The summed E-state index contributed by atoms with van der Waals surface area (Å²) in [5, 5.41) is 9.01. The SMILES string of the molecule is CN(c1cc(C(F)(F)F)nc2ccccc12)C1CCC(NC(=O)c2ccc3cnn(C)c3c2)CC1. The van der Waals surface area contributed by atoms with Gasteiger partial charge in [0.15, 0.2) is 0 Å². The quantitative estimate of drug-likeness (QED) is 0.429. The second kappa shape index (κ2) is 8.87. The molecule has 0 radical (unpaired) electrons. The van der Waals surface area contributed by atoms with Crippen LogP contribution in [0.5, 0.6) is 0 Å². The highest BCUT2D eigenvalue weighted by Gasteiger charge is 2.34. The van der Waals surface area contributed by atoms with E-state index in [0.29, 0.717) is 22.2 Å². The van der Waals surface area contributed by atoms with Crippen LogP contribution in [0.25, 0.3) is 21.8 Å². The molecule has 0 unspecified atom stereocenters. The summed E-state index contributed by atoms with van der Waals surface area (Å²) in [5.74, 6) is -0.125. The molecule has 35 heavy (non-hydrogen) atoms. The van der Waals surface area contributed by atoms with Crippen LogP contribution in [0.4, 0.5) is 18.9 Å². The minimum atomic E-state index is -4.51. The van der Waals surface area contributed by atoms with Crippen LogP contribution >= 0.6 is 0 Å². The predicted molar refractivity (Wildman–Crippen MR) is 129 cm³/mol. The number of amides is 1. The Morgan fingerprint density at radius 3 is 2.57 bits per heavy atom. The van der Waals surface area contributed by atoms with Crippen molar-refractivity contribution >= 4 is 33.4 Å². The lowest BCUT2D eigenvalue weighted by molar-refractivity contribution is -0.140. The summed E-state index contributed by atoms with van der Waals surface area (Å²) in [6, 6.07) is 13.7. The van der Waals surface area contributed by atoms with Gasteiger partial charge in [0, 0.05) is 48.2 Å². The molecule has 4 aromatic rings. The van der Waals surface area contributed by atoms with Crippen LogP contribution < -0.4 is 10.2 Å². The molecule has 2 aromatic heterocycles. The molecular formula is C26H26F3N5O. The fourth-order valence-electron chi connectivity index (χ4n) is 4.95. The molecule has 0 saturated heterocycles. The number of aromatic nitrogens is 3. The van der Waals surface area contributed by atoms with Gasteiger partial charge in [-0.1, -0.05) is 24.3 Å². The fourth-order valence-corrected chi connectivity index (χ4v) is 4.95. The topological polar surface area (TPSA) is 63.1 Å². The van der Waals surface area contributed by atoms with E-state index in [2.05, 4.69) is 15.4 Å². The summed E-state index contributed by atoms with van der Waals surface area (Å²) in [6.07, 6.45) is 0.284. The summed E-state index contributed by atoms with van der Waals surface area (Å²) in [5.41, 5.74) is 1.45. The Morgan fingerprint density at radius 1 is 1.09 bits per heavy atom. The Bertz CT molecular complexity index is 1390. The summed E-state index contributed by atoms with van der Waals surface area (Å²) in [6.45, 7) is 0. The van der Waals surface area contributed by atoms with Gasteiger partial charge >= 0.3 is 6.18 Å². The van der Waals surface area contributed by atoms with Gasteiger partial charge < -0.3 is 10.2 Å². The number of anilines is 1. The van der Waals surface area contributed by atoms with Crippen LogP contribution in [0.2, 0.25) is 0 Å². The zero-order valence-electron chi connectivity index (χ0n) is 19.5. The molecule has 0 atom stereocenters. The molecule has 0 bridgehead atoms. The van der Waals surface area contributed by atoms with E-state index in [1.165, 1.54) is 0 Å². The number of para-hydroxylation sites is 1. The van der Waals surface area contributed by atoms with Crippen molar-refractivity contribution in [1.29, 1.82) is 0 Å². The number of alkyl halides is 3. The second-order valence-electron chi connectivity index (χ2n) is 9.17. The third-order valence-electron chi connectivity index (χ3n) is 6.96. The molecule has 2 heterocycles. The van der Waals surface area contributed by atoms with Gasteiger partial charge in [-0.25, -0.2) is 4.98 Å². The Hall–Kier alpha value is -3.62. The standard InChI is InChI=1S/C26H26F3N5O/c1-33(23-14-24(26(27,28)29)32-21-6-4-3-5-20(21)23)19-11-9-18(10-12-19)31-25(35)16-7-8-17-15-30-34(2)22(17)13-16/h3-8,13-15,18-19H,9-12H2,1-2H3,(H,31,35). The smallest absolute Gasteiger partial charge is 0.371 e. The number of carbonyl (C=O) groups excluding carboxylic acids is 1. The maximum Gasteiger partial charge on any atom is 0.433 e. The molecule has 2 aromatic carbocycles. The number of fused-ring (bicyclic) bond motifs is 2. The number of hydrogen-bond donors (Lipinski definition) is 1. The van der Waals surface area contributed by atoms with Crippen LogP contribution in [-0.2, 0) is 13.2 Å². The lowest BCUT2D eigenvalue weighted by Gasteiger charge is -2.37. The third kappa shape index (κ3) is 4.54. The highest BCUT2D eigenvalue weighted by atomic mass is 19.4. The average Bonchev–Trinajstić information content (AvgIpc) is 3.22.